The molecule has 1 aliphatic rings. The van der Waals surface area contributed by atoms with Gasteiger partial charge < -0.3 is 10.2 Å². The van der Waals surface area contributed by atoms with Gasteiger partial charge in [0.2, 0.25) is 0 Å². The second kappa shape index (κ2) is 6.03. The van der Waals surface area contributed by atoms with E-state index in [0.717, 1.165) is 37.5 Å². The quantitative estimate of drug-likeness (QED) is 0.759. The molecule has 0 radical (unpaired) electrons. The summed E-state index contributed by atoms with van der Waals surface area (Å²) in [5, 5.41) is 18.3. The Kier molecular flexibility index (Phi) is 4.40. The second-order valence-electron chi connectivity index (χ2n) is 4.93. The van der Waals surface area contributed by atoms with E-state index in [1.54, 1.807) is 6.07 Å². The lowest BCUT2D eigenvalue weighted by Gasteiger charge is -2.22. The van der Waals surface area contributed by atoms with Crippen molar-refractivity contribution in [3.63, 3.8) is 0 Å². The van der Waals surface area contributed by atoms with Crippen molar-refractivity contribution in [2.75, 3.05) is 19.7 Å². The third-order valence-electron chi connectivity index (χ3n) is 3.16. The standard InChI is InChI=1S/C14H21NO2/c16-8-2-7-15(10-12-5-6-12)11-13-3-1-4-14(17)9-13/h1,3-4,9,12,16-17H,2,5-8,10-11H2. The first-order valence-electron chi connectivity index (χ1n) is 6.39. The number of rotatable bonds is 7. The monoisotopic (exact) mass is 235 g/mol. The zero-order valence-electron chi connectivity index (χ0n) is 10.2. The number of aliphatic hydroxyl groups excluding tert-OH is 1. The highest BCUT2D eigenvalue weighted by Crippen LogP contribution is 2.30. The average molecular weight is 235 g/mol. The molecule has 1 fully saturated rings. The Morgan fingerprint density at radius 3 is 2.76 bits per heavy atom. The lowest BCUT2D eigenvalue weighted by atomic mass is 10.2. The summed E-state index contributed by atoms with van der Waals surface area (Å²) in [6, 6.07) is 7.44. The molecule has 0 bridgehead atoms. The topological polar surface area (TPSA) is 43.7 Å². The number of nitrogens with zero attached hydrogens (tertiary/aromatic N) is 1. The molecule has 17 heavy (non-hydrogen) atoms. The van der Waals surface area contributed by atoms with Gasteiger partial charge in [-0.05, 0) is 42.9 Å². The number of benzene rings is 1. The molecular weight excluding hydrogens is 214 g/mol. The van der Waals surface area contributed by atoms with Crippen molar-refractivity contribution in [2.45, 2.75) is 25.8 Å². The van der Waals surface area contributed by atoms with Gasteiger partial charge in [0.1, 0.15) is 5.75 Å². The summed E-state index contributed by atoms with van der Waals surface area (Å²) in [6.07, 6.45) is 3.51. The summed E-state index contributed by atoms with van der Waals surface area (Å²) in [6.45, 7) is 3.17. The Labute approximate surface area is 103 Å². The molecule has 2 N–H and O–H groups in total. The van der Waals surface area contributed by atoms with Crippen LogP contribution in [0.3, 0.4) is 0 Å². The van der Waals surface area contributed by atoms with Crippen molar-refractivity contribution in [1.29, 1.82) is 0 Å². The van der Waals surface area contributed by atoms with Gasteiger partial charge in [-0.1, -0.05) is 12.1 Å². The highest BCUT2D eigenvalue weighted by Gasteiger charge is 2.24. The minimum absolute atomic E-state index is 0.251. The van der Waals surface area contributed by atoms with E-state index < -0.39 is 0 Å². The van der Waals surface area contributed by atoms with E-state index >= 15 is 0 Å². The van der Waals surface area contributed by atoms with Gasteiger partial charge in [-0.2, -0.15) is 0 Å². The molecule has 3 heteroatoms. The van der Waals surface area contributed by atoms with Gasteiger partial charge in [0.15, 0.2) is 0 Å². The van der Waals surface area contributed by atoms with Crippen LogP contribution in [0.4, 0.5) is 0 Å². The van der Waals surface area contributed by atoms with E-state index in [4.69, 9.17) is 5.11 Å². The molecule has 1 aromatic carbocycles. The fourth-order valence-corrected chi connectivity index (χ4v) is 2.11. The Hall–Kier alpha value is -1.06. The fraction of sp³-hybridized carbons (Fsp3) is 0.571. The largest absolute Gasteiger partial charge is 0.508 e. The first-order chi connectivity index (χ1) is 8.28. The van der Waals surface area contributed by atoms with Crippen LogP contribution in [-0.2, 0) is 6.54 Å². The third-order valence-corrected chi connectivity index (χ3v) is 3.16. The summed E-state index contributed by atoms with van der Waals surface area (Å²) < 4.78 is 0. The van der Waals surface area contributed by atoms with E-state index in [2.05, 4.69) is 4.90 Å². The van der Waals surface area contributed by atoms with E-state index in [1.807, 2.05) is 18.2 Å². The highest BCUT2D eigenvalue weighted by molar-refractivity contribution is 5.27. The zero-order chi connectivity index (χ0) is 12.1. The maximum absolute atomic E-state index is 9.44. The van der Waals surface area contributed by atoms with Crippen LogP contribution in [0.2, 0.25) is 0 Å². The van der Waals surface area contributed by atoms with Gasteiger partial charge in [0.25, 0.3) is 0 Å². The summed E-state index contributed by atoms with van der Waals surface area (Å²) in [5.74, 6) is 1.18. The Morgan fingerprint density at radius 1 is 1.29 bits per heavy atom. The lowest BCUT2D eigenvalue weighted by Crippen LogP contribution is -2.27. The van der Waals surface area contributed by atoms with Crippen LogP contribution in [-0.4, -0.2) is 34.8 Å². The molecule has 0 atom stereocenters. The molecule has 0 aromatic heterocycles. The number of phenols is 1. The van der Waals surface area contributed by atoms with Gasteiger partial charge in [0, 0.05) is 26.2 Å². The zero-order valence-corrected chi connectivity index (χ0v) is 10.2. The van der Waals surface area contributed by atoms with Crippen LogP contribution in [0.25, 0.3) is 0 Å². The Morgan fingerprint density at radius 2 is 2.12 bits per heavy atom. The van der Waals surface area contributed by atoms with Gasteiger partial charge in [-0.3, -0.25) is 4.90 Å². The van der Waals surface area contributed by atoms with Gasteiger partial charge in [-0.15, -0.1) is 0 Å². The van der Waals surface area contributed by atoms with Crippen LogP contribution in [0.15, 0.2) is 24.3 Å². The van der Waals surface area contributed by atoms with Gasteiger partial charge in [0.05, 0.1) is 0 Å². The molecule has 0 amide bonds. The number of hydrogen-bond donors (Lipinski definition) is 2. The van der Waals surface area contributed by atoms with Crippen LogP contribution in [0.1, 0.15) is 24.8 Å². The minimum atomic E-state index is 0.251. The Bertz CT molecular complexity index is 350. The van der Waals surface area contributed by atoms with Crippen LogP contribution in [0.5, 0.6) is 5.75 Å². The van der Waals surface area contributed by atoms with Gasteiger partial charge >= 0.3 is 0 Å². The number of hydrogen-bond acceptors (Lipinski definition) is 3. The van der Waals surface area contributed by atoms with E-state index in [1.165, 1.54) is 12.8 Å². The molecule has 3 nitrogen and oxygen atoms in total. The van der Waals surface area contributed by atoms with Crippen molar-refractivity contribution < 1.29 is 10.2 Å². The van der Waals surface area contributed by atoms with E-state index in [0.29, 0.717) is 5.75 Å². The molecule has 0 aliphatic heterocycles. The van der Waals surface area contributed by atoms with Crippen molar-refractivity contribution >= 4 is 0 Å². The lowest BCUT2D eigenvalue weighted by molar-refractivity contribution is 0.212. The van der Waals surface area contributed by atoms with Crippen LogP contribution >= 0.6 is 0 Å². The molecule has 1 aromatic rings. The fourth-order valence-electron chi connectivity index (χ4n) is 2.11. The minimum Gasteiger partial charge on any atom is -0.508 e. The maximum atomic E-state index is 9.44. The molecule has 1 saturated carbocycles. The summed E-state index contributed by atoms with van der Waals surface area (Å²) >= 11 is 0. The molecule has 0 unspecified atom stereocenters. The number of aromatic hydroxyl groups is 1. The van der Waals surface area contributed by atoms with E-state index in [9.17, 15) is 5.11 Å². The van der Waals surface area contributed by atoms with Crippen molar-refractivity contribution in [1.82, 2.24) is 4.90 Å². The summed E-state index contributed by atoms with van der Waals surface area (Å²) in [4.78, 5) is 2.38. The number of aliphatic hydroxyl groups is 1. The highest BCUT2D eigenvalue weighted by atomic mass is 16.3. The first kappa shape index (κ1) is 12.4. The predicted octanol–water partition coefficient (Wildman–Crippen LogP) is 1.99. The van der Waals surface area contributed by atoms with Crippen LogP contribution < -0.4 is 0 Å². The summed E-state index contributed by atoms with van der Waals surface area (Å²) in [5.41, 5.74) is 1.14. The molecule has 0 spiro atoms. The average Bonchev–Trinajstić information content (AvgIpc) is 3.10. The van der Waals surface area contributed by atoms with Crippen molar-refractivity contribution in [3.05, 3.63) is 29.8 Å². The van der Waals surface area contributed by atoms with Crippen molar-refractivity contribution in [2.24, 2.45) is 5.92 Å². The van der Waals surface area contributed by atoms with E-state index in [-0.39, 0.29) is 6.61 Å². The first-order valence-corrected chi connectivity index (χ1v) is 6.39. The second-order valence-corrected chi connectivity index (χ2v) is 4.93. The Balaban J connectivity index is 1.90. The normalized spacial score (nSPS) is 15.4. The maximum Gasteiger partial charge on any atom is 0.115 e. The molecule has 0 saturated heterocycles. The van der Waals surface area contributed by atoms with Crippen LogP contribution in [0, 0.1) is 5.92 Å². The third kappa shape index (κ3) is 4.36. The number of phenolic OH excluding ortho intramolecular Hbond substituents is 1. The molecule has 1 aliphatic carbocycles. The molecule has 2 rings (SSSR count). The summed E-state index contributed by atoms with van der Waals surface area (Å²) in [7, 11) is 0. The van der Waals surface area contributed by atoms with Crippen molar-refractivity contribution in [3.8, 4) is 5.75 Å². The molecule has 0 heterocycles. The van der Waals surface area contributed by atoms with Gasteiger partial charge in [-0.25, -0.2) is 0 Å². The smallest absolute Gasteiger partial charge is 0.115 e. The predicted molar refractivity (Wildman–Crippen MR) is 67.8 cm³/mol. The molecular formula is C14H21NO2. The molecule has 94 valence electrons. The SMILES string of the molecule is OCCCN(Cc1cccc(O)c1)CC1CC1.